The zero-order chi connectivity index (χ0) is 18.8. The van der Waals surface area contributed by atoms with Crippen LogP contribution in [0.2, 0.25) is 0 Å². The van der Waals surface area contributed by atoms with Gasteiger partial charge in [0.15, 0.2) is 0 Å². The van der Waals surface area contributed by atoms with Crippen LogP contribution in [0.25, 0.3) is 0 Å². The van der Waals surface area contributed by atoms with Gasteiger partial charge in [-0.1, -0.05) is 26.0 Å². The van der Waals surface area contributed by atoms with Gasteiger partial charge in [0.05, 0.1) is 12.2 Å². The van der Waals surface area contributed by atoms with Crippen LogP contribution in [0, 0.1) is 11.7 Å². The summed E-state index contributed by atoms with van der Waals surface area (Å²) in [7, 11) is 0. The van der Waals surface area contributed by atoms with Crippen molar-refractivity contribution < 1.29 is 23.5 Å². The SMILES string of the molecule is CCOC(=O)CCCNC(=O)C(NC(=O)c1ccccc1F)C(C)C. The molecule has 0 saturated carbocycles. The molecule has 0 aliphatic rings. The fourth-order valence-corrected chi connectivity index (χ4v) is 2.19. The van der Waals surface area contributed by atoms with Crippen LogP contribution >= 0.6 is 0 Å². The van der Waals surface area contributed by atoms with E-state index in [0.717, 1.165) is 0 Å². The molecule has 2 N–H and O–H groups in total. The standard InChI is InChI=1S/C18H25FN2O4/c1-4-25-15(22)10-7-11-20-18(24)16(12(2)3)21-17(23)13-8-5-6-9-14(13)19/h5-6,8-9,12,16H,4,7,10-11H2,1-3H3,(H,20,24)(H,21,23). The maximum atomic E-state index is 13.7. The molecule has 0 aliphatic heterocycles. The molecular formula is C18H25FN2O4. The summed E-state index contributed by atoms with van der Waals surface area (Å²) in [4.78, 5) is 35.7. The van der Waals surface area contributed by atoms with E-state index in [1.165, 1.54) is 18.2 Å². The van der Waals surface area contributed by atoms with Crippen molar-refractivity contribution in [3.05, 3.63) is 35.6 Å². The molecule has 138 valence electrons. The molecule has 1 aromatic rings. The van der Waals surface area contributed by atoms with Gasteiger partial charge in [0.2, 0.25) is 5.91 Å². The molecule has 6 nitrogen and oxygen atoms in total. The third kappa shape index (κ3) is 6.91. The van der Waals surface area contributed by atoms with Crippen molar-refractivity contribution in [1.82, 2.24) is 10.6 Å². The molecule has 1 unspecified atom stereocenters. The Morgan fingerprint density at radius 2 is 1.88 bits per heavy atom. The van der Waals surface area contributed by atoms with Gasteiger partial charge in [-0.3, -0.25) is 14.4 Å². The van der Waals surface area contributed by atoms with Crippen LogP contribution in [0.1, 0.15) is 44.0 Å². The molecular weight excluding hydrogens is 327 g/mol. The van der Waals surface area contributed by atoms with Gasteiger partial charge in [0.1, 0.15) is 11.9 Å². The number of benzene rings is 1. The van der Waals surface area contributed by atoms with E-state index >= 15 is 0 Å². The second-order valence-corrected chi connectivity index (χ2v) is 5.87. The van der Waals surface area contributed by atoms with E-state index in [9.17, 15) is 18.8 Å². The average molecular weight is 352 g/mol. The highest BCUT2D eigenvalue weighted by Crippen LogP contribution is 2.09. The van der Waals surface area contributed by atoms with E-state index in [1.54, 1.807) is 26.8 Å². The number of carbonyl (C=O) groups excluding carboxylic acids is 3. The molecule has 2 amide bonds. The zero-order valence-electron chi connectivity index (χ0n) is 14.8. The lowest BCUT2D eigenvalue weighted by Crippen LogP contribution is -2.50. The van der Waals surface area contributed by atoms with Gasteiger partial charge < -0.3 is 15.4 Å². The van der Waals surface area contributed by atoms with Gasteiger partial charge in [-0.2, -0.15) is 0 Å². The number of hydrogen-bond acceptors (Lipinski definition) is 4. The predicted octanol–water partition coefficient (Wildman–Crippen LogP) is 2.04. The minimum atomic E-state index is -0.797. The van der Waals surface area contributed by atoms with Crippen molar-refractivity contribution in [2.45, 2.75) is 39.7 Å². The number of ether oxygens (including phenoxy) is 1. The number of hydrogen-bond donors (Lipinski definition) is 2. The zero-order valence-corrected chi connectivity index (χ0v) is 14.8. The van der Waals surface area contributed by atoms with Crippen molar-refractivity contribution in [2.75, 3.05) is 13.2 Å². The average Bonchev–Trinajstić information content (AvgIpc) is 2.56. The number of nitrogens with one attached hydrogen (secondary N) is 2. The van der Waals surface area contributed by atoms with Crippen molar-refractivity contribution in [3.8, 4) is 0 Å². The highest BCUT2D eigenvalue weighted by atomic mass is 19.1. The predicted molar refractivity (Wildman–Crippen MR) is 91.4 cm³/mol. The van der Waals surface area contributed by atoms with E-state index in [2.05, 4.69) is 10.6 Å². The number of carbonyl (C=O) groups is 3. The van der Waals surface area contributed by atoms with Crippen LogP contribution in [0.15, 0.2) is 24.3 Å². The topological polar surface area (TPSA) is 84.5 Å². The van der Waals surface area contributed by atoms with Crippen molar-refractivity contribution in [2.24, 2.45) is 5.92 Å². The molecule has 1 atom stereocenters. The van der Waals surface area contributed by atoms with E-state index < -0.39 is 17.8 Å². The number of halogens is 1. The lowest BCUT2D eigenvalue weighted by atomic mass is 10.0. The summed E-state index contributed by atoms with van der Waals surface area (Å²) in [5.74, 6) is -2.15. The monoisotopic (exact) mass is 352 g/mol. The first kappa shape index (κ1) is 20.6. The second kappa shape index (κ2) is 10.4. The van der Waals surface area contributed by atoms with Crippen molar-refractivity contribution in [3.63, 3.8) is 0 Å². The third-order valence-corrected chi connectivity index (χ3v) is 3.52. The van der Waals surface area contributed by atoms with Crippen LogP contribution in [-0.4, -0.2) is 37.0 Å². The Morgan fingerprint density at radius 1 is 1.20 bits per heavy atom. The summed E-state index contributed by atoms with van der Waals surface area (Å²) in [5, 5.41) is 5.24. The smallest absolute Gasteiger partial charge is 0.305 e. The third-order valence-electron chi connectivity index (χ3n) is 3.52. The van der Waals surface area contributed by atoms with Gasteiger partial charge in [-0.25, -0.2) is 4.39 Å². The van der Waals surface area contributed by atoms with Crippen LogP contribution in [-0.2, 0) is 14.3 Å². The van der Waals surface area contributed by atoms with Crippen molar-refractivity contribution >= 4 is 17.8 Å². The van der Waals surface area contributed by atoms with Crippen molar-refractivity contribution in [1.29, 1.82) is 0 Å². The fourth-order valence-electron chi connectivity index (χ4n) is 2.19. The number of rotatable bonds is 9. The van der Waals surface area contributed by atoms with Crippen LogP contribution < -0.4 is 10.6 Å². The van der Waals surface area contributed by atoms with Gasteiger partial charge in [-0.05, 0) is 31.4 Å². The minimum Gasteiger partial charge on any atom is -0.466 e. The Balaban J connectivity index is 2.55. The Bertz CT molecular complexity index is 604. The van der Waals surface area contributed by atoms with E-state index in [-0.39, 0.29) is 36.3 Å². The molecule has 0 fully saturated rings. The molecule has 0 spiro atoms. The van der Waals surface area contributed by atoms with Gasteiger partial charge in [0, 0.05) is 13.0 Å². The molecule has 0 aromatic heterocycles. The Morgan fingerprint density at radius 3 is 2.48 bits per heavy atom. The largest absolute Gasteiger partial charge is 0.466 e. The summed E-state index contributed by atoms with van der Waals surface area (Å²) in [6, 6.07) is 4.79. The maximum Gasteiger partial charge on any atom is 0.305 e. The summed E-state index contributed by atoms with van der Waals surface area (Å²) in [6.45, 7) is 5.90. The first-order valence-electron chi connectivity index (χ1n) is 8.35. The lowest BCUT2D eigenvalue weighted by molar-refractivity contribution is -0.143. The Labute approximate surface area is 147 Å². The van der Waals surface area contributed by atoms with Gasteiger partial charge >= 0.3 is 5.97 Å². The van der Waals surface area contributed by atoms with E-state index in [0.29, 0.717) is 13.0 Å². The number of amides is 2. The molecule has 25 heavy (non-hydrogen) atoms. The summed E-state index contributed by atoms with van der Waals surface area (Å²) in [5.41, 5.74) is -0.108. The summed E-state index contributed by atoms with van der Waals surface area (Å²) >= 11 is 0. The first-order valence-corrected chi connectivity index (χ1v) is 8.35. The minimum absolute atomic E-state index is 0.108. The van der Waals surface area contributed by atoms with Crippen LogP contribution in [0.3, 0.4) is 0 Å². The highest BCUT2D eigenvalue weighted by Gasteiger charge is 2.25. The molecule has 0 heterocycles. The van der Waals surface area contributed by atoms with Crippen LogP contribution in [0.5, 0.6) is 0 Å². The van der Waals surface area contributed by atoms with E-state index in [4.69, 9.17) is 4.74 Å². The fraction of sp³-hybridized carbons (Fsp3) is 0.500. The van der Waals surface area contributed by atoms with E-state index in [1.807, 2.05) is 0 Å². The van der Waals surface area contributed by atoms with Crippen LogP contribution in [0.4, 0.5) is 4.39 Å². The Hall–Kier alpha value is -2.44. The summed E-state index contributed by atoms with van der Waals surface area (Å²) in [6.07, 6.45) is 0.651. The second-order valence-electron chi connectivity index (χ2n) is 5.87. The molecule has 0 aliphatic carbocycles. The quantitative estimate of drug-likeness (QED) is 0.526. The highest BCUT2D eigenvalue weighted by molar-refractivity contribution is 5.97. The molecule has 7 heteroatoms. The normalized spacial score (nSPS) is 11.7. The molecule has 0 radical (unpaired) electrons. The number of esters is 1. The first-order chi connectivity index (χ1) is 11.9. The molecule has 0 saturated heterocycles. The molecule has 1 aromatic carbocycles. The lowest BCUT2D eigenvalue weighted by Gasteiger charge is -2.22. The maximum absolute atomic E-state index is 13.7. The van der Waals surface area contributed by atoms with Gasteiger partial charge in [0.25, 0.3) is 5.91 Å². The Kier molecular flexibility index (Phi) is 8.60. The van der Waals surface area contributed by atoms with Gasteiger partial charge in [-0.15, -0.1) is 0 Å². The molecule has 0 bridgehead atoms. The molecule has 1 rings (SSSR count). The summed E-state index contributed by atoms with van der Waals surface area (Å²) < 4.78 is 18.5.